The monoisotopic (exact) mass is 945 g/mol. The second kappa shape index (κ2) is 17.6. The Morgan fingerprint density at radius 3 is 2.52 bits per heavy atom. The van der Waals surface area contributed by atoms with Gasteiger partial charge in [-0.2, -0.15) is 10.1 Å². The number of halogens is 1. The number of pyridine rings is 1. The molecular formula is C49H52ClN9O7S. The van der Waals surface area contributed by atoms with Crippen LogP contribution in [-0.4, -0.2) is 103 Å². The minimum atomic E-state index is -4.64. The highest BCUT2D eigenvalue weighted by Gasteiger charge is 2.41. The van der Waals surface area contributed by atoms with Crippen LogP contribution in [0.3, 0.4) is 0 Å². The summed E-state index contributed by atoms with van der Waals surface area (Å²) in [5, 5.41) is 18.6. The summed E-state index contributed by atoms with van der Waals surface area (Å²) in [7, 11) is -4.64. The molecule has 2 aliphatic carbocycles. The molecule has 3 aliphatic heterocycles. The van der Waals surface area contributed by atoms with Gasteiger partial charge in [-0.05, 0) is 116 Å². The van der Waals surface area contributed by atoms with E-state index in [9.17, 15) is 23.3 Å². The highest BCUT2D eigenvalue weighted by atomic mass is 35.5. The zero-order valence-corrected chi connectivity index (χ0v) is 38.7. The van der Waals surface area contributed by atoms with E-state index in [1.54, 1.807) is 16.9 Å². The summed E-state index contributed by atoms with van der Waals surface area (Å²) in [6.45, 7) is 6.40. The quantitative estimate of drug-likeness (QED) is 0.0936. The van der Waals surface area contributed by atoms with Gasteiger partial charge in [0.25, 0.3) is 21.6 Å². The number of aromatic nitrogens is 4. The Bertz CT molecular complexity index is 3040. The zero-order valence-electron chi connectivity index (χ0n) is 37.1. The number of nitrogens with zero attached hydrogens (tertiary/aromatic N) is 7. The number of rotatable bonds is 11. The third-order valence-corrected chi connectivity index (χ3v) is 16.3. The minimum Gasteiger partial charge on any atom is -0.474 e. The lowest BCUT2D eigenvalue weighted by Crippen LogP contribution is -2.47. The van der Waals surface area contributed by atoms with Gasteiger partial charge in [0.05, 0.1) is 44.7 Å². The molecule has 0 unspecified atom stereocenters. The summed E-state index contributed by atoms with van der Waals surface area (Å²) < 4.78 is 43.9. The van der Waals surface area contributed by atoms with Crippen molar-refractivity contribution in [2.75, 3.05) is 68.9 Å². The first-order valence-electron chi connectivity index (χ1n) is 23.2. The van der Waals surface area contributed by atoms with Crippen molar-refractivity contribution in [3.8, 4) is 5.88 Å². The van der Waals surface area contributed by atoms with Gasteiger partial charge in [-0.3, -0.25) is 24.5 Å². The van der Waals surface area contributed by atoms with Crippen LogP contribution in [0.1, 0.15) is 67.3 Å². The molecule has 6 heterocycles. The molecule has 0 atom stereocenters. The molecule has 1 saturated carbocycles. The van der Waals surface area contributed by atoms with E-state index in [1.165, 1.54) is 54.7 Å². The normalized spacial score (nSPS) is 19.1. The van der Waals surface area contributed by atoms with Gasteiger partial charge in [-0.1, -0.05) is 35.7 Å². The largest absolute Gasteiger partial charge is 0.474 e. The number of H-pyrrole nitrogens is 1. The first kappa shape index (κ1) is 43.6. The number of sulfonamides is 1. The molecule has 0 radical (unpaired) electrons. The second-order valence-corrected chi connectivity index (χ2v) is 20.9. The molecule has 1 spiro atoms. The number of benzene rings is 3. The first-order valence-corrected chi connectivity index (χ1v) is 25.1. The van der Waals surface area contributed by atoms with Crippen molar-refractivity contribution < 1.29 is 27.6 Å². The molecule has 3 aromatic carbocycles. The third-order valence-electron chi connectivity index (χ3n) is 14.8. The van der Waals surface area contributed by atoms with Crippen molar-refractivity contribution in [3.63, 3.8) is 0 Å². The van der Waals surface area contributed by atoms with E-state index in [0.717, 1.165) is 80.6 Å². The number of aromatic amines is 1. The Morgan fingerprint density at radius 2 is 1.76 bits per heavy atom. The Kier molecular flexibility index (Phi) is 11.4. The number of carbonyl (C=O) groups is 1. The summed E-state index contributed by atoms with van der Waals surface area (Å²) in [4.78, 5) is 40.5. The van der Waals surface area contributed by atoms with Crippen LogP contribution < -0.4 is 19.3 Å². The Labute approximate surface area is 393 Å². The molecular weight excluding hydrogens is 894 g/mol. The molecule has 348 valence electrons. The fraction of sp³-hybridized carbons (Fsp3) is 0.408. The summed E-state index contributed by atoms with van der Waals surface area (Å²) in [6.07, 6.45) is 12.2. The molecule has 6 aromatic rings. The van der Waals surface area contributed by atoms with E-state index in [1.807, 2.05) is 41.3 Å². The van der Waals surface area contributed by atoms with Gasteiger partial charge in [0.15, 0.2) is 0 Å². The molecule has 18 heteroatoms. The number of nitro benzene ring substituents is 1. The predicted octanol–water partition coefficient (Wildman–Crippen LogP) is 8.48. The van der Waals surface area contributed by atoms with E-state index in [2.05, 4.69) is 36.7 Å². The van der Waals surface area contributed by atoms with Crippen LogP contribution in [0.4, 0.5) is 22.7 Å². The van der Waals surface area contributed by atoms with Crippen molar-refractivity contribution in [1.29, 1.82) is 0 Å². The van der Waals surface area contributed by atoms with Crippen molar-refractivity contribution in [2.24, 2.45) is 11.3 Å². The Balaban J connectivity index is 0.884. The molecule has 0 bridgehead atoms. The third kappa shape index (κ3) is 8.51. The minimum absolute atomic E-state index is 0.108. The maximum Gasteiger partial charge on any atom is 0.281 e. The number of fused-ring (bicyclic) bond motifs is 3. The molecule has 67 heavy (non-hydrogen) atoms. The fourth-order valence-electron chi connectivity index (χ4n) is 10.8. The lowest BCUT2D eigenvalue weighted by Gasteiger charge is -2.47. The average Bonchev–Trinajstić information content (AvgIpc) is 3.97. The van der Waals surface area contributed by atoms with E-state index in [4.69, 9.17) is 26.1 Å². The van der Waals surface area contributed by atoms with Crippen molar-refractivity contribution in [3.05, 3.63) is 111 Å². The first-order chi connectivity index (χ1) is 32.5. The number of anilines is 3. The van der Waals surface area contributed by atoms with Gasteiger partial charge in [0.1, 0.15) is 17.9 Å². The number of nitrogens with one attached hydrogen (secondary N) is 2. The van der Waals surface area contributed by atoms with Gasteiger partial charge in [-0.25, -0.2) is 13.1 Å². The molecule has 1 amide bonds. The number of non-ortho nitro benzene ring substituents is 1. The van der Waals surface area contributed by atoms with Crippen LogP contribution in [0.25, 0.3) is 27.5 Å². The van der Waals surface area contributed by atoms with E-state index < -0.39 is 31.4 Å². The number of nitro groups is 1. The van der Waals surface area contributed by atoms with Gasteiger partial charge in [0, 0.05) is 80.8 Å². The lowest BCUT2D eigenvalue weighted by atomic mass is 9.59. The highest BCUT2D eigenvalue weighted by molar-refractivity contribution is 7.90. The summed E-state index contributed by atoms with van der Waals surface area (Å²) >= 11 is 6.31. The number of carbonyl (C=O) groups excluding carboxylic acids is 1. The van der Waals surface area contributed by atoms with Gasteiger partial charge in [-0.15, -0.1) is 0 Å². The summed E-state index contributed by atoms with van der Waals surface area (Å²) in [5.74, 6) is -0.285. The Hall–Kier alpha value is -6.01. The van der Waals surface area contributed by atoms with Crippen LogP contribution in [-0.2, 0) is 21.3 Å². The maximum atomic E-state index is 14.5. The number of piperazine rings is 1. The zero-order chi connectivity index (χ0) is 45.9. The van der Waals surface area contributed by atoms with Crippen LogP contribution in [0, 0.1) is 21.4 Å². The van der Waals surface area contributed by atoms with Crippen molar-refractivity contribution >= 4 is 77.8 Å². The smallest absolute Gasteiger partial charge is 0.281 e. The molecule has 3 aromatic heterocycles. The summed E-state index contributed by atoms with van der Waals surface area (Å²) in [5.41, 5.74) is 7.38. The topological polar surface area (TPSA) is 181 Å². The molecule has 2 saturated heterocycles. The molecule has 16 nitrogen and oxygen atoms in total. The van der Waals surface area contributed by atoms with Crippen LogP contribution >= 0.6 is 11.6 Å². The number of hydrogen-bond acceptors (Lipinski definition) is 12. The van der Waals surface area contributed by atoms with Crippen molar-refractivity contribution in [1.82, 2.24) is 29.4 Å². The predicted molar refractivity (Wildman–Crippen MR) is 257 cm³/mol. The van der Waals surface area contributed by atoms with Crippen LogP contribution in [0.15, 0.2) is 89.6 Å². The maximum absolute atomic E-state index is 14.5. The van der Waals surface area contributed by atoms with Crippen LogP contribution in [0.5, 0.6) is 5.88 Å². The van der Waals surface area contributed by atoms with Crippen molar-refractivity contribution in [2.45, 2.75) is 62.8 Å². The highest BCUT2D eigenvalue weighted by Crippen LogP contribution is 2.55. The van der Waals surface area contributed by atoms with Gasteiger partial charge >= 0.3 is 0 Å². The summed E-state index contributed by atoms with van der Waals surface area (Å²) in [6, 6.07) is 20.0. The van der Waals surface area contributed by atoms with E-state index in [0.29, 0.717) is 60.1 Å². The van der Waals surface area contributed by atoms with E-state index in [-0.39, 0.29) is 23.5 Å². The van der Waals surface area contributed by atoms with Gasteiger partial charge < -0.3 is 24.3 Å². The molecule has 11 rings (SSSR count). The molecule has 2 N–H and O–H groups in total. The fourth-order valence-corrected chi connectivity index (χ4v) is 11.9. The number of amides is 1. The number of ether oxygens (including phenoxy) is 2. The Morgan fingerprint density at radius 1 is 0.955 bits per heavy atom. The lowest BCUT2D eigenvalue weighted by molar-refractivity contribution is -0.383. The second-order valence-electron chi connectivity index (χ2n) is 18.8. The van der Waals surface area contributed by atoms with Gasteiger partial charge in [0.2, 0.25) is 5.88 Å². The molecule has 5 aliphatic rings. The number of allylic oxidation sites excluding steroid dienone is 1. The average molecular weight is 947 g/mol. The molecule has 3 fully saturated rings. The number of hydrogen-bond donors (Lipinski definition) is 2. The van der Waals surface area contributed by atoms with Crippen LogP contribution in [0.2, 0.25) is 5.02 Å². The van der Waals surface area contributed by atoms with E-state index >= 15 is 0 Å². The standard InChI is InChI=1S/C49H52ClN9O7S/c50-36-4-2-33(3-5-36)40-28-49(12-1-13-49)14-8-35(40)31-55-16-18-56(19-17-55)37-6-7-39(42(25-37)57-20-23-66-48-45(57)24-34-9-15-51-46(34)53-48)47(60)54-67(63,64)38-26-43-41(44(27-38)59(61)62)29-52-58(43)30-32-10-21-65-22-11-32/h2-7,9,15,24-27,29,32H,1,8,10-14,16-23,28,30-31H2,(H,51,53)(H,54,60). The SMILES string of the molecule is O=C(NS(=O)(=O)c1cc([N+](=O)[O-])c2cnn(CC3CCOCC3)c2c1)c1ccc(N2CCN(CC3=C(c4ccc(Cl)cc4)CC4(CCC4)CC3)CC2)cc1N1CCOc2nc3[nH]ccc3cc21.